The summed E-state index contributed by atoms with van der Waals surface area (Å²) in [4.78, 5) is 16.8. The summed E-state index contributed by atoms with van der Waals surface area (Å²) in [5, 5.41) is 28.0. The third-order valence-corrected chi connectivity index (χ3v) is 4.96. The van der Waals surface area contributed by atoms with E-state index in [1.807, 2.05) is 19.1 Å². The minimum absolute atomic E-state index is 0.0319. The zero-order valence-electron chi connectivity index (χ0n) is 17.1. The number of ether oxygens (including phenoxy) is 2. The second-order valence-electron chi connectivity index (χ2n) is 7.37. The molecule has 1 aliphatic heterocycles. The van der Waals surface area contributed by atoms with Crippen molar-refractivity contribution in [3.8, 4) is 0 Å². The SMILES string of the molecule is CC(=N)OC(=N)c1ccc(Cc2cc(C(=O)NC3CCOCC3O)ncc2C)cc1. The normalized spacial score (nSPS) is 18.5. The number of aliphatic hydroxyl groups excluding tert-OH is 1. The number of rotatable bonds is 5. The van der Waals surface area contributed by atoms with Crippen molar-refractivity contribution >= 4 is 17.7 Å². The Bertz CT molecular complexity index is 943. The molecule has 1 aliphatic rings. The lowest BCUT2D eigenvalue weighted by atomic mass is 10.00. The fourth-order valence-corrected chi connectivity index (χ4v) is 3.22. The van der Waals surface area contributed by atoms with Crippen molar-refractivity contribution < 1.29 is 19.4 Å². The molecule has 0 aliphatic carbocycles. The molecule has 2 heterocycles. The molecule has 1 aromatic heterocycles. The molecule has 2 atom stereocenters. The Balaban J connectivity index is 1.70. The predicted molar refractivity (Wildman–Crippen MR) is 112 cm³/mol. The van der Waals surface area contributed by atoms with Gasteiger partial charge in [-0.15, -0.1) is 0 Å². The molecule has 1 aromatic carbocycles. The second kappa shape index (κ2) is 9.60. The number of nitrogens with one attached hydrogen (secondary N) is 3. The van der Waals surface area contributed by atoms with Gasteiger partial charge >= 0.3 is 0 Å². The van der Waals surface area contributed by atoms with Crippen molar-refractivity contribution in [1.82, 2.24) is 10.3 Å². The number of carbonyl (C=O) groups excluding carboxylic acids is 1. The predicted octanol–water partition coefficient (Wildman–Crippen LogP) is 2.20. The first-order valence-corrected chi connectivity index (χ1v) is 9.76. The van der Waals surface area contributed by atoms with Crippen LogP contribution in [0.15, 0.2) is 36.5 Å². The van der Waals surface area contributed by atoms with Crippen molar-refractivity contribution in [2.24, 2.45) is 0 Å². The molecule has 8 nitrogen and oxygen atoms in total. The van der Waals surface area contributed by atoms with Gasteiger partial charge < -0.3 is 19.9 Å². The average Bonchev–Trinajstić information content (AvgIpc) is 2.71. The monoisotopic (exact) mass is 410 g/mol. The van der Waals surface area contributed by atoms with Gasteiger partial charge in [0.15, 0.2) is 5.90 Å². The third-order valence-electron chi connectivity index (χ3n) is 4.96. The smallest absolute Gasteiger partial charge is 0.270 e. The highest BCUT2D eigenvalue weighted by atomic mass is 16.5. The Hall–Kier alpha value is -3.10. The number of aliphatic hydroxyl groups is 1. The van der Waals surface area contributed by atoms with Crippen LogP contribution in [0.25, 0.3) is 0 Å². The van der Waals surface area contributed by atoms with Crippen LogP contribution < -0.4 is 5.32 Å². The Morgan fingerprint density at radius 3 is 2.73 bits per heavy atom. The molecule has 2 aromatic rings. The number of amides is 1. The summed E-state index contributed by atoms with van der Waals surface area (Å²) in [6.45, 7) is 4.14. The van der Waals surface area contributed by atoms with Crippen molar-refractivity contribution in [1.29, 1.82) is 10.8 Å². The zero-order valence-corrected chi connectivity index (χ0v) is 17.1. The van der Waals surface area contributed by atoms with E-state index in [1.54, 1.807) is 24.4 Å². The van der Waals surface area contributed by atoms with Crippen LogP contribution in [0.2, 0.25) is 0 Å². The van der Waals surface area contributed by atoms with E-state index < -0.39 is 6.10 Å². The number of aromatic nitrogens is 1. The Morgan fingerprint density at radius 2 is 2.07 bits per heavy atom. The van der Waals surface area contributed by atoms with Crippen LogP contribution in [-0.4, -0.2) is 53.2 Å². The van der Waals surface area contributed by atoms with E-state index in [0.29, 0.717) is 30.7 Å². The van der Waals surface area contributed by atoms with Gasteiger partial charge in [-0.3, -0.25) is 20.6 Å². The quantitative estimate of drug-likeness (QED) is 0.444. The van der Waals surface area contributed by atoms with Gasteiger partial charge in [0.1, 0.15) is 5.69 Å². The van der Waals surface area contributed by atoms with Gasteiger partial charge in [-0.2, -0.15) is 0 Å². The van der Waals surface area contributed by atoms with Crippen molar-refractivity contribution in [3.05, 3.63) is 64.5 Å². The third kappa shape index (κ3) is 5.49. The van der Waals surface area contributed by atoms with Gasteiger partial charge in [0.25, 0.3) is 5.91 Å². The zero-order chi connectivity index (χ0) is 21.7. The topological polar surface area (TPSA) is 128 Å². The molecular formula is C22H26N4O4. The molecule has 8 heteroatoms. The molecule has 1 amide bonds. The number of carbonyl (C=O) groups is 1. The highest BCUT2D eigenvalue weighted by Gasteiger charge is 2.26. The van der Waals surface area contributed by atoms with Crippen LogP contribution in [0.3, 0.4) is 0 Å². The molecule has 30 heavy (non-hydrogen) atoms. The molecule has 0 bridgehead atoms. The summed E-state index contributed by atoms with van der Waals surface area (Å²) >= 11 is 0. The number of benzene rings is 1. The van der Waals surface area contributed by atoms with Crippen LogP contribution >= 0.6 is 0 Å². The number of aryl methyl sites for hydroxylation is 1. The number of nitrogens with zero attached hydrogens (tertiary/aromatic N) is 1. The molecule has 3 rings (SSSR count). The highest BCUT2D eigenvalue weighted by Crippen LogP contribution is 2.16. The molecule has 0 saturated carbocycles. The van der Waals surface area contributed by atoms with Crippen LogP contribution in [0, 0.1) is 17.7 Å². The molecular weight excluding hydrogens is 384 g/mol. The van der Waals surface area contributed by atoms with E-state index in [0.717, 1.165) is 16.7 Å². The summed E-state index contributed by atoms with van der Waals surface area (Å²) < 4.78 is 10.2. The lowest BCUT2D eigenvalue weighted by Gasteiger charge is -2.28. The Kier molecular flexibility index (Phi) is 6.91. The van der Waals surface area contributed by atoms with E-state index in [1.165, 1.54) is 6.92 Å². The molecule has 4 N–H and O–H groups in total. The first-order chi connectivity index (χ1) is 14.3. The fourth-order valence-electron chi connectivity index (χ4n) is 3.22. The molecule has 1 saturated heterocycles. The van der Waals surface area contributed by atoms with E-state index in [9.17, 15) is 9.90 Å². The van der Waals surface area contributed by atoms with E-state index >= 15 is 0 Å². The Morgan fingerprint density at radius 1 is 1.33 bits per heavy atom. The minimum atomic E-state index is -0.717. The maximum atomic E-state index is 12.6. The number of pyridine rings is 1. The van der Waals surface area contributed by atoms with Crippen LogP contribution in [-0.2, 0) is 15.9 Å². The number of hydrogen-bond acceptors (Lipinski definition) is 7. The number of hydrogen-bond donors (Lipinski definition) is 4. The largest absolute Gasteiger partial charge is 0.426 e. The average molecular weight is 410 g/mol. The van der Waals surface area contributed by atoms with Crippen molar-refractivity contribution in [2.75, 3.05) is 13.2 Å². The minimum Gasteiger partial charge on any atom is -0.426 e. The van der Waals surface area contributed by atoms with Gasteiger partial charge in [-0.25, -0.2) is 0 Å². The van der Waals surface area contributed by atoms with E-state index in [4.69, 9.17) is 20.3 Å². The van der Waals surface area contributed by atoms with Crippen molar-refractivity contribution in [3.63, 3.8) is 0 Å². The lowest BCUT2D eigenvalue weighted by molar-refractivity contribution is -0.0261. The van der Waals surface area contributed by atoms with Crippen molar-refractivity contribution in [2.45, 2.75) is 38.8 Å². The van der Waals surface area contributed by atoms with Gasteiger partial charge in [0.2, 0.25) is 5.90 Å². The molecule has 158 valence electrons. The van der Waals surface area contributed by atoms with Crippen LogP contribution in [0.4, 0.5) is 0 Å². The van der Waals surface area contributed by atoms with Crippen LogP contribution in [0.5, 0.6) is 0 Å². The summed E-state index contributed by atoms with van der Waals surface area (Å²) in [6.07, 6.45) is 2.13. The van der Waals surface area contributed by atoms with Gasteiger partial charge in [0.05, 0.1) is 18.8 Å². The molecule has 1 fully saturated rings. The van der Waals surface area contributed by atoms with E-state index in [2.05, 4.69) is 10.3 Å². The standard InChI is InChI=1S/C22H26N4O4/c1-13-11-25-19(22(28)26-18-7-8-29-12-20(18)27)10-17(13)9-15-3-5-16(6-4-15)21(24)30-14(2)23/h3-6,10-11,18,20,23-24,27H,7-9,12H2,1-2H3,(H,26,28). The molecule has 0 spiro atoms. The maximum Gasteiger partial charge on any atom is 0.270 e. The lowest BCUT2D eigenvalue weighted by Crippen LogP contribution is -2.48. The summed E-state index contributed by atoms with van der Waals surface area (Å²) in [5.74, 6) is -0.413. The first kappa shape index (κ1) is 21.6. The molecule has 0 radical (unpaired) electrons. The second-order valence-corrected chi connectivity index (χ2v) is 7.37. The summed E-state index contributed by atoms with van der Waals surface area (Å²) in [5.41, 5.74) is 3.85. The van der Waals surface area contributed by atoms with Gasteiger partial charge in [-0.05, 0) is 54.7 Å². The van der Waals surface area contributed by atoms with E-state index in [-0.39, 0.29) is 30.4 Å². The maximum absolute atomic E-state index is 12.6. The summed E-state index contributed by atoms with van der Waals surface area (Å²) in [6, 6.07) is 8.77. The fraction of sp³-hybridized carbons (Fsp3) is 0.364. The Labute approximate surface area is 175 Å². The van der Waals surface area contributed by atoms with Gasteiger partial charge in [-0.1, -0.05) is 12.1 Å². The van der Waals surface area contributed by atoms with Gasteiger partial charge in [0, 0.05) is 25.3 Å². The van der Waals surface area contributed by atoms with Crippen LogP contribution in [0.1, 0.15) is 46.1 Å². The highest BCUT2D eigenvalue weighted by molar-refractivity contribution is 5.98. The first-order valence-electron chi connectivity index (χ1n) is 9.76. The molecule has 2 unspecified atom stereocenters. The summed E-state index contributed by atoms with van der Waals surface area (Å²) in [7, 11) is 0.